The van der Waals surface area contributed by atoms with Crippen molar-refractivity contribution in [2.24, 2.45) is 0 Å². The highest BCUT2D eigenvalue weighted by molar-refractivity contribution is 5.75. The number of hydrogen-bond acceptors (Lipinski definition) is 3. The molecule has 0 atom stereocenters. The molecule has 0 bridgehead atoms. The number of piperidine rings is 1. The Labute approximate surface area is 109 Å². The Kier molecular flexibility index (Phi) is 3.82. The van der Waals surface area contributed by atoms with E-state index in [9.17, 15) is 4.79 Å². The SMILES string of the molecule is CC(C)(C)NC(=O)N1CCC2(CC1)OCCCO2. The van der Waals surface area contributed by atoms with Crippen molar-refractivity contribution in [1.82, 2.24) is 10.2 Å². The van der Waals surface area contributed by atoms with Crippen LogP contribution in [0.3, 0.4) is 0 Å². The molecule has 0 radical (unpaired) electrons. The molecule has 0 aromatic carbocycles. The van der Waals surface area contributed by atoms with Gasteiger partial charge in [0.1, 0.15) is 0 Å². The molecule has 2 aliphatic rings. The van der Waals surface area contributed by atoms with Crippen molar-refractivity contribution in [3.63, 3.8) is 0 Å². The summed E-state index contributed by atoms with van der Waals surface area (Å²) in [5, 5.41) is 2.99. The predicted molar refractivity (Wildman–Crippen MR) is 68.3 cm³/mol. The Morgan fingerprint density at radius 2 is 1.72 bits per heavy atom. The minimum Gasteiger partial charge on any atom is -0.350 e. The van der Waals surface area contributed by atoms with Gasteiger partial charge in [-0.05, 0) is 27.2 Å². The molecule has 0 aromatic heterocycles. The van der Waals surface area contributed by atoms with E-state index >= 15 is 0 Å². The quantitative estimate of drug-likeness (QED) is 0.718. The van der Waals surface area contributed by atoms with Gasteiger partial charge in [-0.1, -0.05) is 0 Å². The average Bonchev–Trinajstić information content (AvgIpc) is 2.28. The zero-order valence-electron chi connectivity index (χ0n) is 11.6. The molecule has 2 rings (SSSR count). The van der Waals surface area contributed by atoms with Crippen LogP contribution in [0.25, 0.3) is 0 Å². The highest BCUT2D eigenvalue weighted by Crippen LogP contribution is 2.30. The van der Waals surface area contributed by atoms with Crippen LogP contribution in [0.5, 0.6) is 0 Å². The van der Waals surface area contributed by atoms with Crippen LogP contribution in [0.1, 0.15) is 40.0 Å². The summed E-state index contributed by atoms with van der Waals surface area (Å²) in [6.07, 6.45) is 2.51. The van der Waals surface area contributed by atoms with Gasteiger partial charge in [-0.15, -0.1) is 0 Å². The fourth-order valence-corrected chi connectivity index (χ4v) is 2.36. The Balaban J connectivity index is 1.84. The first-order chi connectivity index (χ1) is 8.40. The Hall–Kier alpha value is -0.810. The molecular formula is C13H24N2O3. The first-order valence-corrected chi connectivity index (χ1v) is 6.75. The molecule has 2 heterocycles. The summed E-state index contributed by atoms with van der Waals surface area (Å²) >= 11 is 0. The van der Waals surface area contributed by atoms with Gasteiger partial charge in [0.05, 0.1) is 13.2 Å². The summed E-state index contributed by atoms with van der Waals surface area (Å²) in [5.74, 6) is -0.420. The molecule has 1 spiro atoms. The third-order valence-electron chi connectivity index (χ3n) is 3.31. The lowest BCUT2D eigenvalue weighted by Gasteiger charge is -2.43. The fraction of sp³-hybridized carbons (Fsp3) is 0.923. The van der Waals surface area contributed by atoms with Gasteiger partial charge in [-0.2, -0.15) is 0 Å². The molecule has 0 aromatic rings. The number of urea groups is 1. The number of amides is 2. The van der Waals surface area contributed by atoms with Gasteiger partial charge in [0.25, 0.3) is 0 Å². The zero-order valence-corrected chi connectivity index (χ0v) is 11.6. The van der Waals surface area contributed by atoms with Crippen molar-refractivity contribution in [2.45, 2.75) is 51.4 Å². The molecule has 104 valence electrons. The van der Waals surface area contributed by atoms with Gasteiger partial charge >= 0.3 is 6.03 Å². The van der Waals surface area contributed by atoms with Crippen LogP contribution in [0.15, 0.2) is 0 Å². The minimum atomic E-state index is -0.420. The van der Waals surface area contributed by atoms with Crippen LogP contribution in [0, 0.1) is 0 Å². The van der Waals surface area contributed by atoms with E-state index in [-0.39, 0.29) is 11.6 Å². The molecule has 2 fully saturated rings. The van der Waals surface area contributed by atoms with Crippen LogP contribution >= 0.6 is 0 Å². The Bertz CT molecular complexity index is 296. The summed E-state index contributed by atoms with van der Waals surface area (Å²) < 4.78 is 11.5. The van der Waals surface area contributed by atoms with E-state index in [2.05, 4.69) is 5.32 Å². The van der Waals surface area contributed by atoms with Crippen LogP contribution in [0.2, 0.25) is 0 Å². The molecular weight excluding hydrogens is 232 g/mol. The van der Waals surface area contributed by atoms with Crippen molar-refractivity contribution >= 4 is 6.03 Å². The van der Waals surface area contributed by atoms with Crippen molar-refractivity contribution in [3.05, 3.63) is 0 Å². The van der Waals surface area contributed by atoms with Crippen LogP contribution < -0.4 is 5.32 Å². The number of carbonyl (C=O) groups excluding carboxylic acids is 1. The van der Waals surface area contributed by atoms with Gasteiger partial charge in [0.15, 0.2) is 5.79 Å². The third kappa shape index (κ3) is 3.36. The van der Waals surface area contributed by atoms with E-state index in [1.165, 1.54) is 0 Å². The average molecular weight is 256 g/mol. The normalized spacial score (nSPS) is 24.1. The summed E-state index contributed by atoms with van der Waals surface area (Å²) in [7, 11) is 0. The Morgan fingerprint density at radius 3 is 2.22 bits per heavy atom. The predicted octanol–water partition coefficient (Wildman–Crippen LogP) is 1.72. The lowest BCUT2D eigenvalue weighted by Crippen LogP contribution is -2.55. The zero-order chi connectivity index (χ0) is 13.2. The van der Waals surface area contributed by atoms with E-state index in [1.807, 2.05) is 25.7 Å². The molecule has 5 heteroatoms. The van der Waals surface area contributed by atoms with Gasteiger partial charge in [0.2, 0.25) is 0 Å². The number of carbonyl (C=O) groups is 1. The van der Waals surface area contributed by atoms with Crippen LogP contribution in [-0.4, -0.2) is 48.6 Å². The Morgan fingerprint density at radius 1 is 1.17 bits per heavy atom. The lowest BCUT2D eigenvalue weighted by atomic mass is 10.0. The second kappa shape index (κ2) is 5.05. The van der Waals surface area contributed by atoms with Crippen molar-refractivity contribution in [2.75, 3.05) is 26.3 Å². The molecule has 2 saturated heterocycles. The molecule has 1 N–H and O–H groups in total. The third-order valence-corrected chi connectivity index (χ3v) is 3.31. The van der Waals surface area contributed by atoms with Crippen molar-refractivity contribution in [3.8, 4) is 0 Å². The van der Waals surface area contributed by atoms with E-state index < -0.39 is 5.79 Å². The summed E-state index contributed by atoms with van der Waals surface area (Å²) in [5.41, 5.74) is -0.190. The number of nitrogens with one attached hydrogen (secondary N) is 1. The number of likely N-dealkylation sites (tertiary alicyclic amines) is 1. The second-order valence-electron chi connectivity index (χ2n) is 6.13. The number of rotatable bonds is 0. The topological polar surface area (TPSA) is 50.8 Å². The molecule has 0 unspecified atom stereocenters. The first kappa shape index (κ1) is 13.6. The van der Waals surface area contributed by atoms with Gasteiger partial charge in [-0.3, -0.25) is 0 Å². The summed E-state index contributed by atoms with van der Waals surface area (Å²) in [4.78, 5) is 13.9. The monoisotopic (exact) mass is 256 g/mol. The smallest absolute Gasteiger partial charge is 0.317 e. The summed E-state index contributed by atoms with van der Waals surface area (Å²) in [6, 6.07) is 0.00756. The van der Waals surface area contributed by atoms with Crippen LogP contribution in [-0.2, 0) is 9.47 Å². The summed E-state index contributed by atoms with van der Waals surface area (Å²) in [6.45, 7) is 8.91. The molecule has 2 amide bonds. The van der Waals surface area contributed by atoms with Crippen molar-refractivity contribution < 1.29 is 14.3 Å². The van der Waals surface area contributed by atoms with Gasteiger partial charge in [0, 0.05) is 31.5 Å². The number of nitrogens with zero attached hydrogens (tertiary/aromatic N) is 1. The van der Waals surface area contributed by atoms with E-state index in [0.717, 1.165) is 32.5 Å². The van der Waals surface area contributed by atoms with Crippen molar-refractivity contribution in [1.29, 1.82) is 0 Å². The standard InChI is InChI=1S/C13H24N2O3/c1-12(2,3)14-11(16)15-7-5-13(6-8-15)17-9-4-10-18-13/h4-10H2,1-3H3,(H,14,16). The number of ether oxygens (including phenoxy) is 2. The molecule has 5 nitrogen and oxygen atoms in total. The molecule has 0 aliphatic carbocycles. The van der Waals surface area contributed by atoms with E-state index in [4.69, 9.17) is 9.47 Å². The maximum absolute atomic E-state index is 12.0. The van der Waals surface area contributed by atoms with Gasteiger partial charge < -0.3 is 19.7 Å². The molecule has 0 saturated carbocycles. The minimum absolute atomic E-state index is 0.00756. The van der Waals surface area contributed by atoms with E-state index in [0.29, 0.717) is 13.1 Å². The lowest BCUT2D eigenvalue weighted by molar-refractivity contribution is -0.281. The fourth-order valence-electron chi connectivity index (χ4n) is 2.36. The van der Waals surface area contributed by atoms with E-state index in [1.54, 1.807) is 0 Å². The molecule has 18 heavy (non-hydrogen) atoms. The maximum Gasteiger partial charge on any atom is 0.317 e. The highest BCUT2D eigenvalue weighted by atomic mass is 16.7. The maximum atomic E-state index is 12.0. The molecule has 2 aliphatic heterocycles. The van der Waals surface area contributed by atoms with Gasteiger partial charge in [-0.25, -0.2) is 4.79 Å². The second-order valence-corrected chi connectivity index (χ2v) is 6.13. The largest absolute Gasteiger partial charge is 0.350 e. The number of hydrogen-bond donors (Lipinski definition) is 1. The van der Waals surface area contributed by atoms with Crippen LogP contribution in [0.4, 0.5) is 4.79 Å². The highest BCUT2D eigenvalue weighted by Gasteiger charge is 2.39. The first-order valence-electron chi connectivity index (χ1n) is 6.75.